The molecule has 1 saturated heterocycles. The minimum absolute atomic E-state index is 0.0657. The molecule has 1 fully saturated rings. The molecule has 3 rings (SSSR count). The number of hydrogen-bond acceptors (Lipinski definition) is 6. The Bertz CT molecular complexity index is 909. The molecule has 31 heavy (non-hydrogen) atoms. The van der Waals surface area contributed by atoms with Crippen molar-refractivity contribution in [2.45, 2.75) is 55.6 Å². The summed E-state index contributed by atoms with van der Waals surface area (Å²) in [5.74, 6) is -0.253. The molecule has 1 aromatic carbocycles. The summed E-state index contributed by atoms with van der Waals surface area (Å²) in [4.78, 5) is 16.2. The van der Waals surface area contributed by atoms with E-state index in [4.69, 9.17) is 15.2 Å². The van der Waals surface area contributed by atoms with Crippen molar-refractivity contribution in [1.29, 1.82) is 0 Å². The first-order valence-electron chi connectivity index (χ1n) is 10.6. The van der Waals surface area contributed by atoms with E-state index in [1.54, 1.807) is 18.3 Å². The van der Waals surface area contributed by atoms with E-state index in [1.807, 2.05) is 18.3 Å². The van der Waals surface area contributed by atoms with Crippen LogP contribution in [-0.4, -0.2) is 43.9 Å². The molecule has 1 aliphatic heterocycles. The number of sulfone groups is 1. The van der Waals surface area contributed by atoms with Gasteiger partial charge in [-0.1, -0.05) is 26.3 Å². The zero-order valence-corrected chi connectivity index (χ0v) is 19.1. The van der Waals surface area contributed by atoms with Crippen molar-refractivity contribution in [2.75, 3.05) is 19.8 Å². The van der Waals surface area contributed by atoms with E-state index < -0.39 is 20.5 Å². The number of rotatable bonds is 8. The minimum Gasteiger partial charge on any atom is -0.494 e. The number of carbonyl (C=O) groups is 1. The SMILES string of the molecule is CCC.NC(=O)C1(S(=O)(=O)c2ccc(OCCCc3cccnc3)cc2)CCOCC1. The normalized spacial score (nSPS) is 15.4. The van der Waals surface area contributed by atoms with E-state index in [1.165, 1.54) is 18.6 Å². The Morgan fingerprint density at radius 1 is 1.16 bits per heavy atom. The average Bonchev–Trinajstić information content (AvgIpc) is 2.78. The summed E-state index contributed by atoms with van der Waals surface area (Å²) < 4.78 is 35.4. The fourth-order valence-corrected chi connectivity index (χ4v) is 5.22. The number of primary amides is 1. The number of aryl methyl sites for hydroxylation is 1. The maximum atomic E-state index is 13.1. The number of hydrogen-bond donors (Lipinski definition) is 1. The summed E-state index contributed by atoms with van der Waals surface area (Å²) in [6, 6.07) is 10.0. The van der Waals surface area contributed by atoms with Gasteiger partial charge in [0.15, 0.2) is 14.6 Å². The molecular formula is C23H32N2O5S. The summed E-state index contributed by atoms with van der Waals surface area (Å²) >= 11 is 0. The van der Waals surface area contributed by atoms with E-state index in [-0.39, 0.29) is 31.0 Å². The van der Waals surface area contributed by atoms with E-state index in [0.29, 0.717) is 12.4 Å². The van der Waals surface area contributed by atoms with Gasteiger partial charge in [0.2, 0.25) is 5.91 Å². The average molecular weight is 449 g/mol. The maximum absolute atomic E-state index is 13.1. The van der Waals surface area contributed by atoms with Crippen LogP contribution in [0.3, 0.4) is 0 Å². The largest absolute Gasteiger partial charge is 0.494 e. The zero-order chi connectivity index (χ0) is 22.7. The Morgan fingerprint density at radius 3 is 2.35 bits per heavy atom. The van der Waals surface area contributed by atoms with E-state index in [9.17, 15) is 13.2 Å². The zero-order valence-electron chi connectivity index (χ0n) is 18.2. The second-order valence-corrected chi connectivity index (χ2v) is 9.73. The highest BCUT2D eigenvalue weighted by Gasteiger charge is 2.51. The molecule has 0 spiro atoms. The number of amides is 1. The molecule has 2 N–H and O–H groups in total. The third-order valence-electron chi connectivity index (χ3n) is 5.00. The Balaban J connectivity index is 0.00000107. The highest BCUT2D eigenvalue weighted by atomic mass is 32.2. The van der Waals surface area contributed by atoms with Gasteiger partial charge in [-0.05, 0) is 61.6 Å². The molecule has 0 atom stereocenters. The summed E-state index contributed by atoms with van der Waals surface area (Å²) in [6.45, 7) is 5.14. The monoisotopic (exact) mass is 448 g/mol. The molecule has 7 nitrogen and oxygen atoms in total. The number of nitrogens with two attached hydrogens (primary N) is 1. The first kappa shape index (κ1) is 24.8. The molecule has 2 aromatic rings. The number of nitrogens with zero attached hydrogens (tertiary/aromatic N) is 1. The number of ether oxygens (including phenoxy) is 2. The van der Waals surface area contributed by atoms with Gasteiger partial charge in [-0.3, -0.25) is 9.78 Å². The van der Waals surface area contributed by atoms with Crippen molar-refractivity contribution in [2.24, 2.45) is 5.73 Å². The summed E-state index contributed by atoms with van der Waals surface area (Å²) in [6.07, 6.45) is 6.61. The molecule has 1 aromatic heterocycles. The van der Waals surface area contributed by atoms with Crippen LogP contribution >= 0.6 is 0 Å². The number of pyridine rings is 1. The number of aromatic nitrogens is 1. The fraction of sp³-hybridized carbons (Fsp3) is 0.478. The molecule has 8 heteroatoms. The van der Waals surface area contributed by atoms with E-state index in [2.05, 4.69) is 18.8 Å². The van der Waals surface area contributed by atoms with E-state index >= 15 is 0 Å². The molecule has 0 saturated carbocycles. The van der Waals surface area contributed by atoms with Crippen LogP contribution in [-0.2, 0) is 25.8 Å². The van der Waals surface area contributed by atoms with Gasteiger partial charge < -0.3 is 15.2 Å². The Labute approximate surface area is 184 Å². The van der Waals surface area contributed by atoms with Gasteiger partial charge in [-0.15, -0.1) is 0 Å². The van der Waals surface area contributed by atoms with Crippen molar-refractivity contribution < 1.29 is 22.7 Å². The third kappa shape index (κ3) is 6.27. The van der Waals surface area contributed by atoms with Crippen LogP contribution in [0.2, 0.25) is 0 Å². The topological polar surface area (TPSA) is 109 Å². The van der Waals surface area contributed by atoms with Gasteiger partial charge >= 0.3 is 0 Å². The first-order chi connectivity index (χ1) is 14.9. The second kappa shape index (κ2) is 11.8. The Morgan fingerprint density at radius 2 is 1.81 bits per heavy atom. The van der Waals surface area contributed by atoms with Gasteiger partial charge in [0.25, 0.3) is 0 Å². The van der Waals surface area contributed by atoms with Gasteiger partial charge in [0.05, 0.1) is 11.5 Å². The Hall–Kier alpha value is -2.45. The van der Waals surface area contributed by atoms with Crippen molar-refractivity contribution in [3.8, 4) is 5.75 Å². The molecule has 0 radical (unpaired) electrons. The molecule has 0 bridgehead atoms. The van der Waals surface area contributed by atoms with Crippen molar-refractivity contribution >= 4 is 15.7 Å². The van der Waals surface area contributed by atoms with Crippen LogP contribution < -0.4 is 10.5 Å². The lowest BCUT2D eigenvalue weighted by Gasteiger charge is -2.33. The minimum atomic E-state index is -3.92. The smallest absolute Gasteiger partial charge is 0.239 e. The molecule has 0 aliphatic carbocycles. The van der Waals surface area contributed by atoms with E-state index in [0.717, 1.165) is 18.4 Å². The predicted octanol–water partition coefficient (Wildman–Crippen LogP) is 3.32. The van der Waals surface area contributed by atoms with Crippen LogP contribution in [0.5, 0.6) is 5.75 Å². The van der Waals surface area contributed by atoms with Crippen molar-refractivity contribution in [3.05, 3.63) is 54.4 Å². The van der Waals surface area contributed by atoms with Crippen LogP contribution in [0.15, 0.2) is 53.7 Å². The first-order valence-corrected chi connectivity index (χ1v) is 12.1. The van der Waals surface area contributed by atoms with Crippen LogP contribution in [0.1, 0.15) is 45.1 Å². The lowest BCUT2D eigenvalue weighted by molar-refractivity contribution is -0.122. The van der Waals surface area contributed by atoms with Crippen LogP contribution in [0, 0.1) is 0 Å². The van der Waals surface area contributed by atoms with Crippen LogP contribution in [0.4, 0.5) is 0 Å². The lowest BCUT2D eigenvalue weighted by atomic mass is 9.98. The van der Waals surface area contributed by atoms with Gasteiger partial charge in [-0.2, -0.15) is 0 Å². The predicted molar refractivity (Wildman–Crippen MR) is 120 cm³/mol. The number of benzene rings is 1. The highest BCUT2D eigenvalue weighted by molar-refractivity contribution is 7.93. The molecule has 1 amide bonds. The maximum Gasteiger partial charge on any atom is 0.239 e. The third-order valence-corrected chi connectivity index (χ3v) is 7.53. The molecular weight excluding hydrogens is 416 g/mol. The van der Waals surface area contributed by atoms with Crippen LogP contribution in [0.25, 0.3) is 0 Å². The quantitative estimate of drug-likeness (QED) is 0.621. The summed E-state index contributed by atoms with van der Waals surface area (Å²) in [5.41, 5.74) is 6.62. The Kier molecular flexibility index (Phi) is 9.45. The van der Waals surface area contributed by atoms with Gasteiger partial charge in [0.1, 0.15) is 5.75 Å². The van der Waals surface area contributed by atoms with Crippen molar-refractivity contribution in [3.63, 3.8) is 0 Å². The molecule has 0 unspecified atom stereocenters. The van der Waals surface area contributed by atoms with Gasteiger partial charge in [-0.25, -0.2) is 8.42 Å². The summed E-state index contributed by atoms with van der Waals surface area (Å²) in [7, 11) is -3.92. The molecule has 2 heterocycles. The standard InChI is InChI=1S/C20H24N2O5S.C3H8/c21-19(23)20(9-13-26-14-10-20)28(24,25)18-7-5-17(6-8-18)27-12-2-4-16-3-1-11-22-15-16;1-3-2/h1,3,5-8,11,15H,2,4,9-10,12-14H2,(H2,21,23);3H2,1-2H3. The highest BCUT2D eigenvalue weighted by Crippen LogP contribution is 2.35. The molecule has 1 aliphatic rings. The lowest BCUT2D eigenvalue weighted by Crippen LogP contribution is -2.53. The number of carbonyl (C=O) groups excluding carboxylic acids is 1. The molecule has 170 valence electrons. The van der Waals surface area contributed by atoms with Crippen molar-refractivity contribution in [1.82, 2.24) is 4.98 Å². The summed E-state index contributed by atoms with van der Waals surface area (Å²) in [5, 5.41) is 0. The second-order valence-electron chi connectivity index (χ2n) is 7.47. The fourth-order valence-electron chi connectivity index (χ4n) is 3.30. The van der Waals surface area contributed by atoms with Gasteiger partial charge in [0, 0.05) is 25.6 Å².